The van der Waals surface area contributed by atoms with Crippen LogP contribution in [0.25, 0.3) is 0 Å². The number of hydrogen-bond acceptors (Lipinski definition) is 4. The summed E-state index contributed by atoms with van der Waals surface area (Å²) in [5.41, 5.74) is 7.98. The Hall–Kier alpha value is -2.89. The van der Waals surface area contributed by atoms with E-state index in [1.54, 1.807) is 14.2 Å². The predicted molar refractivity (Wildman–Crippen MR) is 99.3 cm³/mol. The van der Waals surface area contributed by atoms with Crippen LogP contribution in [0.5, 0.6) is 17.2 Å². The molecule has 134 valence electrons. The van der Waals surface area contributed by atoms with Gasteiger partial charge in [-0.1, -0.05) is 24.3 Å². The number of nitrogens with zero attached hydrogens (tertiary/aromatic N) is 1. The number of guanidine groups is 1. The van der Waals surface area contributed by atoms with Gasteiger partial charge in [0.05, 0.1) is 27.4 Å². The van der Waals surface area contributed by atoms with E-state index in [2.05, 4.69) is 10.3 Å². The molecule has 3 N–H and O–H groups in total. The molecule has 0 aromatic heterocycles. The van der Waals surface area contributed by atoms with Crippen LogP contribution < -0.4 is 25.3 Å². The Morgan fingerprint density at radius 2 is 1.80 bits per heavy atom. The third-order valence-corrected chi connectivity index (χ3v) is 3.61. The Balaban J connectivity index is 1.96. The number of nitrogens with two attached hydrogens (primary N) is 1. The number of nitrogens with one attached hydrogen (secondary N) is 1. The van der Waals surface area contributed by atoms with Gasteiger partial charge >= 0.3 is 0 Å². The molecule has 0 spiro atoms. The van der Waals surface area contributed by atoms with Gasteiger partial charge in [-0.2, -0.15) is 0 Å². The number of hydrogen-bond donors (Lipinski definition) is 2. The van der Waals surface area contributed by atoms with Crippen LogP contribution in [0.4, 0.5) is 0 Å². The Labute approximate surface area is 148 Å². The molecule has 6 nitrogen and oxygen atoms in total. The molecule has 0 fully saturated rings. The topological polar surface area (TPSA) is 78.1 Å². The number of para-hydroxylation sites is 1. The molecule has 0 unspecified atom stereocenters. The lowest BCUT2D eigenvalue weighted by molar-refractivity contribution is 0.336. The van der Waals surface area contributed by atoms with E-state index in [1.165, 1.54) is 0 Å². The quantitative estimate of drug-likeness (QED) is 0.569. The molecule has 25 heavy (non-hydrogen) atoms. The summed E-state index contributed by atoms with van der Waals surface area (Å²) in [7, 11) is 3.22. The first kappa shape index (κ1) is 18.4. The van der Waals surface area contributed by atoms with E-state index in [4.69, 9.17) is 19.9 Å². The second-order valence-corrected chi connectivity index (χ2v) is 5.29. The number of rotatable bonds is 8. The summed E-state index contributed by atoms with van der Waals surface area (Å²) in [6, 6.07) is 13.5. The van der Waals surface area contributed by atoms with Crippen LogP contribution in [-0.4, -0.2) is 26.8 Å². The van der Waals surface area contributed by atoms with Gasteiger partial charge in [0, 0.05) is 12.1 Å². The van der Waals surface area contributed by atoms with Crippen LogP contribution >= 0.6 is 0 Å². The normalized spacial score (nSPS) is 11.1. The van der Waals surface area contributed by atoms with Crippen LogP contribution in [-0.2, 0) is 13.1 Å². The molecule has 2 aromatic rings. The standard InChI is InChI=1S/C19H25N3O3/c1-4-25-16-8-6-5-7-15(16)13-22-19(20)21-12-14-9-10-17(23-2)18(11-14)24-3/h5-11H,4,12-13H2,1-3H3,(H3,20,21,22). The Morgan fingerprint density at radius 1 is 1.04 bits per heavy atom. The lowest BCUT2D eigenvalue weighted by atomic mass is 10.2. The minimum Gasteiger partial charge on any atom is -0.494 e. The molecule has 0 aliphatic rings. The van der Waals surface area contributed by atoms with Crippen LogP contribution in [0.15, 0.2) is 47.5 Å². The lowest BCUT2D eigenvalue weighted by Crippen LogP contribution is -2.31. The van der Waals surface area contributed by atoms with Crippen molar-refractivity contribution in [2.45, 2.75) is 20.0 Å². The molecule has 0 radical (unpaired) electrons. The number of benzene rings is 2. The molecule has 0 bridgehead atoms. The summed E-state index contributed by atoms with van der Waals surface area (Å²) in [5.74, 6) is 2.59. The minimum atomic E-state index is 0.376. The molecule has 2 aromatic carbocycles. The highest BCUT2D eigenvalue weighted by Gasteiger charge is 2.05. The summed E-state index contributed by atoms with van der Waals surface area (Å²) in [5, 5.41) is 3.11. The molecular weight excluding hydrogens is 318 g/mol. The van der Waals surface area contributed by atoms with Crippen molar-refractivity contribution in [1.82, 2.24) is 5.32 Å². The zero-order chi connectivity index (χ0) is 18.1. The van der Waals surface area contributed by atoms with Crippen molar-refractivity contribution in [2.75, 3.05) is 20.8 Å². The van der Waals surface area contributed by atoms with Crippen LogP contribution in [0.2, 0.25) is 0 Å². The van der Waals surface area contributed by atoms with Gasteiger partial charge in [-0.25, -0.2) is 4.99 Å². The third kappa shape index (κ3) is 5.31. The highest BCUT2D eigenvalue weighted by Crippen LogP contribution is 2.27. The largest absolute Gasteiger partial charge is 0.494 e. The molecule has 0 saturated carbocycles. The summed E-state index contributed by atoms with van der Waals surface area (Å²) >= 11 is 0. The van der Waals surface area contributed by atoms with E-state index >= 15 is 0 Å². The molecule has 0 aliphatic carbocycles. The highest BCUT2D eigenvalue weighted by molar-refractivity contribution is 5.77. The number of ether oxygens (including phenoxy) is 3. The first-order valence-corrected chi connectivity index (χ1v) is 8.13. The van der Waals surface area contributed by atoms with E-state index < -0.39 is 0 Å². The van der Waals surface area contributed by atoms with Crippen molar-refractivity contribution >= 4 is 5.96 Å². The maximum Gasteiger partial charge on any atom is 0.189 e. The smallest absolute Gasteiger partial charge is 0.189 e. The van der Waals surface area contributed by atoms with Crippen LogP contribution in [0, 0.1) is 0 Å². The average Bonchev–Trinajstić information content (AvgIpc) is 2.65. The Kier molecular flexibility index (Phi) is 6.95. The van der Waals surface area contributed by atoms with Crippen LogP contribution in [0.3, 0.4) is 0 Å². The second kappa shape index (κ2) is 9.42. The minimum absolute atomic E-state index is 0.376. The van der Waals surface area contributed by atoms with Gasteiger partial charge in [0.1, 0.15) is 5.75 Å². The maximum atomic E-state index is 5.96. The molecule has 0 amide bonds. The van der Waals surface area contributed by atoms with E-state index in [-0.39, 0.29) is 0 Å². The van der Waals surface area contributed by atoms with E-state index in [9.17, 15) is 0 Å². The van der Waals surface area contributed by atoms with E-state index in [0.717, 1.165) is 16.9 Å². The molecule has 6 heteroatoms. The zero-order valence-electron chi connectivity index (χ0n) is 14.9. The Bertz CT molecular complexity index is 717. The van der Waals surface area contributed by atoms with Crippen LogP contribution in [0.1, 0.15) is 18.1 Å². The Morgan fingerprint density at radius 3 is 2.52 bits per heavy atom. The fraction of sp³-hybridized carbons (Fsp3) is 0.316. The SMILES string of the molecule is CCOc1ccccc1CNC(N)=NCc1ccc(OC)c(OC)c1. The van der Waals surface area contributed by atoms with Gasteiger partial charge in [0.15, 0.2) is 17.5 Å². The van der Waals surface area contributed by atoms with Crippen molar-refractivity contribution in [3.8, 4) is 17.2 Å². The summed E-state index contributed by atoms with van der Waals surface area (Å²) in [4.78, 5) is 4.36. The van der Waals surface area contributed by atoms with Crippen molar-refractivity contribution in [3.05, 3.63) is 53.6 Å². The van der Waals surface area contributed by atoms with Gasteiger partial charge in [0.2, 0.25) is 0 Å². The van der Waals surface area contributed by atoms with Gasteiger partial charge in [-0.05, 0) is 30.7 Å². The number of aliphatic imine (C=N–C) groups is 1. The lowest BCUT2D eigenvalue weighted by Gasteiger charge is -2.11. The van der Waals surface area contributed by atoms with Crippen molar-refractivity contribution < 1.29 is 14.2 Å². The maximum absolute atomic E-state index is 5.96. The second-order valence-electron chi connectivity index (χ2n) is 5.29. The fourth-order valence-corrected chi connectivity index (χ4v) is 2.34. The van der Waals surface area contributed by atoms with Gasteiger partial charge in [-0.15, -0.1) is 0 Å². The molecular formula is C19H25N3O3. The van der Waals surface area contributed by atoms with E-state index in [1.807, 2.05) is 49.4 Å². The van der Waals surface area contributed by atoms with Crippen molar-refractivity contribution in [3.63, 3.8) is 0 Å². The first-order chi connectivity index (χ1) is 12.2. The zero-order valence-corrected chi connectivity index (χ0v) is 14.9. The summed E-state index contributed by atoms with van der Waals surface area (Å²) < 4.78 is 16.1. The number of methoxy groups -OCH3 is 2. The van der Waals surface area contributed by atoms with E-state index in [0.29, 0.717) is 37.2 Å². The van der Waals surface area contributed by atoms with Gasteiger partial charge in [0.25, 0.3) is 0 Å². The summed E-state index contributed by atoms with van der Waals surface area (Å²) in [6.45, 7) is 3.59. The molecule has 2 rings (SSSR count). The fourth-order valence-electron chi connectivity index (χ4n) is 2.34. The molecule has 0 saturated heterocycles. The van der Waals surface area contributed by atoms with Crippen molar-refractivity contribution in [1.29, 1.82) is 0 Å². The van der Waals surface area contributed by atoms with Gasteiger partial charge in [-0.3, -0.25) is 0 Å². The summed E-state index contributed by atoms with van der Waals surface area (Å²) in [6.07, 6.45) is 0. The highest BCUT2D eigenvalue weighted by atomic mass is 16.5. The third-order valence-electron chi connectivity index (χ3n) is 3.61. The molecule has 0 aliphatic heterocycles. The van der Waals surface area contributed by atoms with Gasteiger partial charge < -0.3 is 25.3 Å². The molecule has 0 heterocycles. The average molecular weight is 343 g/mol. The predicted octanol–water partition coefficient (Wildman–Crippen LogP) is 2.71. The first-order valence-electron chi connectivity index (χ1n) is 8.13. The van der Waals surface area contributed by atoms with Crippen molar-refractivity contribution in [2.24, 2.45) is 10.7 Å². The monoisotopic (exact) mass is 343 g/mol. The molecule has 0 atom stereocenters.